The third kappa shape index (κ3) is 3.15. The van der Waals surface area contributed by atoms with Crippen molar-refractivity contribution in [1.82, 2.24) is 13.9 Å². The van der Waals surface area contributed by atoms with E-state index in [9.17, 15) is 13.2 Å². The number of aromatic nitrogens is 2. The molecule has 1 aliphatic rings. The van der Waals surface area contributed by atoms with Gasteiger partial charge in [-0.3, -0.25) is 10.1 Å². The zero-order valence-corrected chi connectivity index (χ0v) is 16.5. The van der Waals surface area contributed by atoms with Gasteiger partial charge in [-0.2, -0.15) is 4.31 Å². The van der Waals surface area contributed by atoms with Crippen LogP contribution in [0.15, 0.2) is 40.6 Å². The van der Waals surface area contributed by atoms with E-state index >= 15 is 0 Å². The predicted octanol–water partition coefficient (Wildman–Crippen LogP) is 3.15. The van der Waals surface area contributed by atoms with Crippen LogP contribution in [0.2, 0.25) is 0 Å². The summed E-state index contributed by atoms with van der Waals surface area (Å²) in [6.45, 7) is 3.62. The Balaban J connectivity index is 1.67. The molecule has 1 amide bonds. The highest BCUT2D eigenvalue weighted by Crippen LogP contribution is 2.29. The largest absolute Gasteiger partial charge is 0.310 e. The number of aryl methyl sites for hydroxylation is 1. The Hall–Kier alpha value is -2.23. The molecule has 0 saturated carbocycles. The maximum Gasteiger partial charge on any atom is 0.269 e. The number of rotatable bonds is 5. The monoisotopic (exact) mass is 404 g/mol. The Kier molecular flexibility index (Phi) is 4.75. The fourth-order valence-electron chi connectivity index (χ4n) is 3.38. The molecule has 1 saturated heterocycles. The maximum absolute atomic E-state index is 12.9. The van der Waals surface area contributed by atoms with E-state index in [0.717, 1.165) is 35.2 Å². The Morgan fingerprint density at radius 1 is 1.22 bits per heavy atom. The maximum atomic E-state index is 12.9. The summed E-state index contributed by atoms with van der Waals surface area (Å²) in [6, 6.07) is 9.14. The van der Waals surface area contributed by atoms with Crippen LogP contribution in [0.3, 0.4) is 0 Å². The van der Waals surface area contributed by atoms with Crippen LogP contribution in [0, 0.1) is 0 Å². The zero-order chi connectivity index (χ0) is 19.0. The topological polar surface area (TPSA) is 84.3 Å². The van der Waals surface area contributed by atoms with Crippen LogP contribution >= 0.6 is 11.3 Å². The first-order chi connectivity index (χ1) is 13.0. The molecule has 1 fully saturated rings. The minimum atomic E-state index is -3.65. The molecular weight excluding hydrogens is 384 g/mol. The van der Waals surface area contributed by atoms with Crippen molar-refractivity contribution >= 4 is 44.2 Å². The molecule has 0 unspecified atom stereocenters. The number of hydrogen-bond donors (Lipinski definition) is 1. The first-order valence-electron chi connectivity index (χ1n) is 8.86. The van der Waals surface area contributed by atoms with E-state index in [4.69, 9.17) is 0 Å². The van der Waals surface area contributed by atoms with Crippen LogP contribution in [0.25, 0.3) is 11.0 Å². The standard InChI is InChI=1S/C18H20N4O3S2/c1-2-22-14-8-4-3-7-13(14)19-18(22)20-17(23)16-15(9-12-26-16)27(24,25)21-10-5-6-11-21/h3-4,7-9,12H,2,5-6,10-11H2,1H3,(H,19,20,23). The number of benzene rings is 1. The smallest absolute Gasteiger partial charge is 0.269 e. The lowest BCUT2D eigenvalue weighted by atomic mass is 10.3. The molecule has 0 bridgehead atoms. The molecule has 142 valence electrons. The van der Waals surface area contributed by atoms with Gasteiger partial charge < -0.3 is 4.57 Å². The number of thiophene rings is 1. The Bertz CT molecular complexity index is 1090. The summed E-state index contributed by atoms with van der Waals surface area (Å²) in [6.07, 6.45) is 1.71. The lowest BCUT2D eigenvalue weighted by Crippen LogP contribution is -2.29. The molecule has 27 heavy (non-hydrogen) atoms. The number of imidazole rings is 1. The van der Waals surface area contributed by atoms with E-state index in [2.05, 4.69) is 10.3 Å². The Morgan fingerprint density at radius 3 is 2.70 bits per heavy atom. The summed E-state index contributed by atoms with van der Waals surface area (Å²) < 4.78 is 29.1. The number of amides is 1. The minimum absolute atomic E-state index is 0.0751. The summed E-state index contributed by atoms with van der Waals surface area (Å²) in [5.74, 6) is -0.0330. The summed E-state index contributed by atoms with van der Waals surface area (Å²) in [5.41, 5.74) is 1.71. The van der Waals surface area contributed by atoms with Gasteiger partial charge in [0, 0.05) is 19.6 Å². The summed E-state index contributed by atoms with van der Waals surface area (Å²) in [5, 5.41) is 4.44. The van der Waals surface area contributed by atoms with Crippen molar-refractivity contribution in [1.29, 1.82) is 0 Å². The number of nitrogens with one attached hydrogen (secondary N) is 1. The molecule has 1 N–H and O–H groups in total. The molecule has 2 aromatic heterocycles. The summed E-state index contributed by atoms with van der Waals surface area (Å²) >= 11 is 1.13. The second-order valence-corrected chi connectivity index (χ2v) is 9.17. The molecule has 4 rings (SSSR count). The van der Waals surface area contributed by atoms with E-state index in [1.54, 1.807) is 5.38 Å². The van der Waals surface area contributed by atoms with Crippen LogP contribution in [0.5, 0.6) is 0 Å². The number of fused-ring (bicyclic) bond motifs is 1. The number of sulfonamides is 1. The lowest BCUT2D eigenvalue weighted by Gasteiger charge is -2.15. The SMILES string of the molecule is CCn1c(NC(=O)c2sccc2S(=O)(=O)N2CCCC2)nc2ccccc21. The highest BCUT2D eigenvalue weighted by Gasteiger charge is 2.32. The van der Waals surface area contributed by atoms with Crippen LogP contribution in [0.4, 0.5) is 5.95 Å². The van der Waals surface area contributed by atoms with Crippen LogP contribution in [-0.4, -0.2) is 41.3 Å². The Morgan fingerprint density at radius 2 is 1.96 bits per heavy atom. The van der Waals surface area contributed by atoms with Gasteiger partial charge in [0.05, 0.1) is 11.0 Å². The van der Waals surface area contributed by atoms with Crippen molar-refractivity contribution < 1.29 is 13.2 Å². The number of anilines is 1. The summed E-state index contributed by atoms with van der Waals surface area (Å²) in [4.78, 5) is 17.6. The molecule has 0 spiro atoms. The highest BCUT2D eigenvalue weighted by atomic mass is 32.2. The average Bonchev–Trinajstić information content (AvgIpc) is 3.40. The quantitative estimate of drug-likeness (QED) is 0.708. The van der Waals surface area contributed by atoms with Crippen LogP contribution in [0.1, 0.15) is 29.4 Å². The highest BCUT2D eigenvalue weighted by molar-refractivity contribution is 7.89. The molecule has 0 radical (unpaired) electrons. The van der Waals surface area contributed by atoms with Gasteiger partial charge in [0.2, 0.25) is 16.0 Å². The van der Waals surface area contributed by atoms with Gasteiger partial charge in [0.25, 0.3) is 5.91 Å². The van der Waals surface area contributed by atoms with Crippen molar-refractivity contribution in [3.05, 3.63) is 40.6 Å². The lowest BCUT2D eigenvalue weighted by molar-refractivity contribution is 0.102. The second-order valence-electron chi connectivity index (χ2n) is 6.35. The van der Waals surface area contributed by atoms with E-state index in [-0.39, 0.29) is 9.77 Å². The van der Waals surface area contributed by atoms with Crippen LogP contribution in [-0.2, 0) is 16.6 Å². The third-order valence-corrected chi connectivity index (χ3v) is 7.70. The minimum Gasteiger partial charge on any atom is -0.310 e. The first kappa shape index (κ1) is 18.1. The van der Waals surface area contributed by atoms with Gasteiger partial charge in [-0.15, -0.1) is 11.3 Å². The van der Waals surface area contributed by atoms with Gasteiger partial charge in [-0.1, -0.05) is 12.1 Å². The van der Waals surface area contributed by atoms with Crippen molar-refractivity contribution in [3.63, 3.8) is 0 Å². The normalized spacial score (nSPS) is 15.4. The van der Waals surface area contributed by atoms with Gasteiger partial charge in [-0.25, -0.2) is 13.4 Å². The fourth-order valence-corrected chi connectivity index (χ4v) is 6.20. The predicted molar refractivity (Wildman–Crippen MR) is 106 cm³/mol. The van der Waals surface area contributed by atoms with Gasteiger partial charge in [0.1, 0.15) is 9.77 Å². The molecule has 3 heterocycles. The van der Waals surface area contributed by atoms with Crippen molar-refractivity contribution in [2.24, 2.45) is 0 Å². The van der Waals surface area contributed by atoms with E-state index in [0.29, 0.717) is 25.6 Å². The fraction of sp³-hybridized carbons (Fsp3) is 0.333. The average molecular weight is 405 g/mol. The van der Waals surface area contributed by atoms with Crippen molar-refractivity contribution in [2.75, 3.05) is 18.4 Å². The number of nitrogens with zero attached hydrogens (tertiary/aromatic N) is 3. The first-order valence-corrected chi connectivity index (χ1v) is 11.2. The van der Waals surface area contributed by atoms with Crippen LogP contribution < -0.4 is 5.32 Å². The van der Waals surface area contributed by atoms with E-state index in [1.807, 2.05) is 35.8 Å². The number of hydrogen-bond acceptors (Lipinski definition) is 5. The molecule has 1 aromatic carbocycles. The molecule has 3 aromatic rings. The molecule has 7 nitrogen and oxygen atoms in total. The molecule has 9 heteroatoms. The molecule has 0 aliphatic carbocycles. The van der Waals surface area contributed by atoms with E-state index < -0.39 is 15.9 Å². The Labute approximate surface area is 161 Å². The van der Waals surface area contributed by atoms with Gasteiger partial charge >= 0.3 is 0 Å². The molecule has 1 aliphatic heterocycles. The number of para-hydroxylation sites is 2. The molecule has 0 atom stereocenters. The zero-order valence-electron chi connectivity index (χ0n) is 14.9. The molecular formula is C18H20N4O3S2. The van der Waals surface area contributed by atoms with Crippen molar-refractivity contribution in [2.45, 2.75) is 31.2 Å². The van der Waals surface area contributed by atoms with Gasteiger partial charge in [-0.05, 0) is 43.3 Å². The van der Waals surface area contributed by atoms with E-state index in [1.165, 1.54) is 10.4 Å². The second kappa shape index (κ2) is 7.06. The van der Waals surface area contributed by atoms with Crippen molar-refractivity contribution in [3.8, 4) is 0 Å². The number of carbonyl (C=O) groups is 1. The summed E-state index contributed by atoms with van der Waals surface area (Å²) in [7, 11) is -3.65. The third-order valence-electron chi connectivity index (χ3n) is 4.71. The van der Waals surface area contributed by atoms with Gasteiger partial charge in [0.15, 0.2) is 0 Å². The number of carbonyl (C=O) groups excluding carboxylic acids is 1.